The number of halogens is 5. The third-order valence-corrected chi connectivity index (χ3v) is 3.75. The molecule has 3 rings (SSSR count). The molecule has 1 aromatic heterocycles. The van der Waals surface area contributed by atoms with Crippen LogP contribution in [-0.2, 0) is 12.7 Å². The van der Waals surface area contributed by atoms with Crippen molar-refractivity contribution < 1.29 is 26.7 Å². The monoisotopic (exact) mass is 408 g/mol. The minimum atomic E-state index is -4.93. The Balaban J connectivity index is 1.81. The van der Waals surface area contributed by atoms with E-state index < -0.39 is 40.9 Å². The third-order valence-electron chi connectivity index (χ3n) is 3.75. The molecule has 0 saturated carbocycles. The molecule has 2 aromatic carbocycles. The summed E-state index contributed by atoms with van der Waals surface area (Å²) in [5.74, 6) is -2.56. The van der Waals surface area contributed by atoms with Crippen molar-refractivity contribution in [3.8, 4) is 0 Å². The Kier molecular flexibility index (Phi) is 5.71. The lowest BCUT2D eigenvalue weighted by atomic mass is 10.2. The zero-order chi connectivity index (χ0) is 21.0. The summed E-state index contributed by atoms with van der Waals surface area (Å²) >= 11 is 0. The molecule has 0 atom stereocenters. The molecule has 0 radical (unpaired) electrons. The van der Waals surface area contributed by atoms with Gasteiger partial charge in [-0.25, -0.2) is 18.7 Å². The van der Waals surface area contributed by atoms with Crippen molar-refractivity contribution >= 4 is 17.5 Å². The molecule has 0 aliphatic rings. The fourth-order valence-electron chi connectivity index (χ4n) is 2.40. The second kappa shape index (κ2) is 8.21. The highest BCUT2D eigenvalue weighted by Crippen LogP contribution is 2.31. The molecule has 0 aliphatic carbocycles. The molecular formula is C19H13F5N4O. The fraction of sp³-hybridized carbons (Fsp3) is 0.105. The number of amides is 1. The van der Waals surface area contributed by atoms with E-state index in [1.54, 1.807) is 0 Å². The van der Waals surface area contributed by atoms with Gasteiger partial charge >= 0.3 is 6.18 Å². The summed E-state index contributed by atoms with van der Waals surface area (Å²) in [5, 5.41) is 4.77. The number of nitrogens with one attached hydrogen (secondary N) is 2. The van der Waals surface area contributed by atoms with Crippen molar-refractivity contribution in [2.75, 3.05) is 5.32 Å². The molecule has 0 spiro atoms. The van der Waals surface area contributed by atoms with Crippen LogP contribution in [-0.4, -0.2) is 15.9 Å². The van der Waals surface area contributed by atoms with Crippen molar-refractivity contribution in [3.05, 3.63) is 83.2 Å². The average Bonchev–Trinajstić information content (AvgIpc) is 2.66. The van der Waals surface area contributed by atoms with E-state index in [2.05, 4.69) is 20.6 Å². The minimum absolute atomic E-state index is 0.111. The Morgan fingerprint density at radius 3 is 2.38 bits per heavy atom. The van der Waals surface area contributed by atoms with Gasteiger partial charge in [0.1, 0.15) is 11.6 Å². The molecule has 5 nitrogen and oxygen atoms in total. The normalized spacial score (nSPS) is 11.2. The standard InChI is InChI=1S/C19H13F5N4O/c20-12-6-4-11(5-7-12)9-25-17(29)15-10-26-18(28-16(15)19(22,23)24)27-14-3-1-2-13(21)8-14/h1-8,10H,9H2,(H,25,29)(H,26,27,28). The van der Waals surface area contributed by atoms with Gasteiger partial charge in [-0.05, 0) is 35.9 Å². The maximum absolute atomic E-state index is 13.4. The third kappa shape index (κ3) is 5.24. The SMILES string of the molecule is O=C(NCc1ccc(F)cc1)c1cnc(Nc2cccc(F)c2)nc1C(F)(F)F. The first-order valence-corrected chi connectivity index (χ1v) is 8.22. The van der Waals surface area contributed by atoms with Gasteiger partial charge in [-0.15, -0.1) is 0 Å². The zero-order valence-corrected chi connectivity index (χ0v) is 14.6. The maximum atomic E-state index is 13.4. The summed E-state index contributed by atoms with van der Waals surface area (Å²) in [6.45, 7) is -0.111. The van der Waals surface area contributed by atoms with Gasteiger partial charge in [-0.3, -0.25) is 4.79 Å². The van der Waals surface area contributed by atoms with Gasteiger partial charge < -0.3 is 10.6 Å². The molecule has 1 heterocycles. The molecule has 0 bridgehead atoms. The largest absolute Gasteiger partial charge is 0.434 e. The van der Waals surface area contributed by atoms with Crippen LogP contribution < -0.4 is 10.6 Å². The Morgan fingerprint density at radius 2 is 1.72 bits per heavy atom. The summed E-state index contributed by atoms with van der Waals surface area (Å²) in [6, 6.07) is 10.1. The molecule has 0 unspecified atom stereocenters. The average molecular weight is 408 g/mol. The summed E-state index contributed by atoms with van der Waals surface area (Å²) in [5.41, 5.74) is -1.57. The number of carbonyl (C=O) groups excluding carboxylic acids is 1. The minimum Gasteiger partial charge on any atom is -0.348 e. The second-order valence-corrected chi connectivity index (χ2v) is 5.90. The Hall–Kier alpha value is -3.56. The van der Waals surface area contributed by atoms with Gasteiger partial charge in [0.05, 0.1) is 5.56 Å². The van der Waals surface area contributed by atoms with Crippen molar-refractivity contribution in [1.29, 1.82) is 0 Å². The highest BCUT2D eigenvalue weighted by molar-refractivity contribution is 5.95. The maximum Gasteiger partial charge on any atom is 0.434 e. The number of hydrogen-bond acceptors (Lipinski definition) is 4. The number of carbonyl (C=O) groups is 1. The quantitative estimate of drug-likeness (QED) is 0.613. The van der Waals surface area contributed by atoms with Gasteiger partial charge in [0.15, 0.2) is 5.69 Å². The topological polar surface area (TPSA) is 66.9 Å². The number of nitrogens with zero attached hydrogens (tertiary/aromatic N) is 2. The lowest BCUT2D eigenvalue weighted by molar-refractivity contribution is -0.141. The van der Waals surface area contributed by atoms with E-state index in [0.717, 1.165) is 12.3 Å². The second-order valence-electron chi connectivity index (χ2n) is 5.90. The van der Waals surface area contributed by atoms with E-state index in [9.17, 15) is 26.7 Å². The van der Waals surface area contributed by atoms with Crippen LogP contribution in [0.3, 0.4) is 0 Å². The molecule has 1 amide bonds. The first kappa shape index (κ1) is 20.2. The van der Waals surface area contributed by atoms with E-state index in [1.165, 1.54) is 42.5 Å². The first-order valence-electron chi connectivity index (χ1n) is 8.22. The lowest BCUT2D eigenvalue weighted by Gasteiger charge is -2.13. The number of alkyl halides is 3. The predicted molar refractivity (Wildman–Crippen MR) is 94.3 cm³/mol. The number of rotatable bonds is 5. The van der Waals surface area contributed by atoms with Crippen molar-refractivity contribution in [2.24, 2.45) is 0 Å². The van der Waals surface area contributed by atoms with E-state index in [0.29, 0.717) is 5.56 Å². The molecule has 0 fully saturated rings. The number of anilines is 2. The first-order chi connectivity index (χ1) is 13.7. The summed E-state index contributed by atoms with van der Waals surface area (Å²) in [4.78, 5) is 19.3. The Morgan fingerprint density at radius 1 is 1.00 bits per heavy atom. The number of aromatic nitrogens is 2. The van der Waals surface area contributed by atoms with E-state index in [-0.39, 0.29) is 12.2 Å². The van der Waals surface area contributed by atoms with Gasteiger partial charge in [0, 0.05) is 18.4 Å². The number of benzene rings is 2. The van der Waals surface area contributed by atoms with Gasteiger partial charge in [0.25, 0.3) is 5.91 Å². The Labute approximate surface area is 161 Å². The lowest BCUT2D eigenvalue weighted by Crippen LogP contribution is -2.27. The van der Waals surface area contributed by atoms with Gasteiger partial charge in [0.2, 0.25) is 5.95 Å². The van der Waals surface area contributed by atoms with Crippen LogP contribution in [0.5, 0.6) is 0 Å². The molecular weight excluding hydrogens is 395 g/mol. The highest BCUT2D eigenvalue weighted by atomic mass is 19.4. The summed E-state index contributed by atoms with van der Waals surface area (Å²) < 4.78 is 66.3. The van der Waals surface area contributed by atoms with Crippen LogP contribution in [0.2, 0.25) is 0 Å². The fourth-order valence-corrected chi connectivity index (χ4v) is 2.40. The van der Waals surface area contributed by atoms with Gasteiger partial charge in [-0.1, -0.05) is 18.2 Å². The highest BCUT2D eigenvalue weighted by Gasteiger charge is 2.38. The van der Waals surface area contributed by atoms with E-state index >= 15 is 0 Å². The molecule has 10 heteroatoms. The smallest absolute Gasteiger partial charge is 0.348 e. The van der Waals surface area contributed by atoms with Crippen LogP contribution in [0.15, 0.2) is 54.7 Å². The van der Waals surface area contributed by atoms with Crippen molar-refractivity contribution in [2.45, 2.75) is 12.7 Å². The van der Waals surface area contributed by atoms with Crippen LogP contribution >= 0.6 is 0 Å². The molecule has 2 N–H and O–H groups in total. The molecule has 3 aromatic rings. The molecule has 150 valence electrons. The van der Waals surface area contributed by atoms with Crippen molar-refractivity contribution in [1.82, 2.24) is 15.3 Å². The zero-order valence-electron chi connectivity index (χ0n) is 14.6. The molecule has 0 saturated heterocycles. The Bertz CT molecular complexity index is 1020. The molecule has 0 aliphatic heterocycles. The van der Waals surface area contributed by atoms with Crippen LogP contribution in [0.1, 0.15) is 21.6 Å². The van der Waals surface area contributed by atoms with Gasteiger partial charge in [-0.2, -0.15) is 13.2 Å². The predicted octanol–water partition coefficient (Wildman–Crippen LogP) is 4.45. The summed E-state index contributed by atoms with van der Waals surface area (Å²) in [6.07, 6.45) is -4.19. The van der Waals surface area contributed by atoms with Crippen LogP contribution in [0.4, 0.5) is 33.6 Å². The number of hydrogen-bond donors (Lipinski definition) is 2. The van der Waals surface area contributed by atoms with Crippen molar-refractivity contribution in [3.63, 3.8) is 0 Å². The molecule has 29 heavy (non-hydrogen) atoms. The van der Waals surface area contributed by atoms with E-state index in [1.807, 2.05) is 0 Å². The summed E-state index contributed by atoms with van der Waals surface area (Å²) in [7, 11) is 0. The van der Waals surface area contributed by atoms with Crippen LogP contribution in [0.25, 0.3) is 0 Å². The van der Waals surface area contributed by atoms with Crippen LogP contribution in [0, 0.1) is 11.6 Å². The van der Waals surface area contributed by atoms with E-state index in [4.69, 9.17) is 0 Å².